The van der Waals surface area contributed by atoms with Crippen LogP contribution >= 0.6 is 0 Å². The second-order valence-corrected chi connectivity index (χ2v) is 7.01. The lowest BCUT2D eigenvalue weighted by Gasteiger charge is -2.22. The smallest absolute Gasteiger partial charge is 0.209 e. The Balaban J connectivity index is 1.29. The van der Waals surface area contributed by atoms with Crippen LogP contribution < -0.4 is 19.6 Å². The molecule has 5 rings (SSSR count). The molecule has 1 fully saturated rings. The van der Waals surface area contributed by atoms with Crippen LogP contribution in [0.25, 0.3) is 0 Å². The van der Waals surface area contributed by atoms with Crippen molar-refractivity contribution < 1.29 is 9.47 Å². The van der Waals surface area contributed by atoms with Crippen LogP contribution in [-0.4, -0.2) is 52.6 Å². The molecular weight excluding hydrogens is 352 g/mol. The van der Waals surface area contributed by atoms with Gasteiger partial charge in [-0.2, -0.15) is 0 Å². The van der Waals surface area contributed by atoms with Gasteiger partial charge in [-0.1, -0.05) is 24.3 Å². The van der Waals surface area contributed by atoms with Crippen molar-refractivity contribution in [2.45, 2.75) is 0 Å². The molecule has 6 heteroatoms. The molecule has 0 unspecified atom stereocenters. The first-order chi connectivity index (χ1) is 13.9. The Bertz CT molecular complexity index is 685. The van der Waals surface area contributed by atoms with Gasteiger partial charge in [0.25, 0.3) is 0 Å². The van der Waals surface area contributed by atoms with Crippen molar-refractivity contribution in [2.24, 2.45) is 0 Å². The van der Waals surface area contributed by atoms with E-state index in [9.17, 15) is 0 Å². The van der Waals surface area contributed by atoms with E-state index >= 15 is 0 Å². The molecule has 3 aliphatic rings. The van der Waals surface area contributed by atoms with Gasteiger partial charge >= 0.3 is 0 Å². The van der Waals surface area contributed by atoms with Gasteiger partial charge in [0, 0.05) is 26.2 Å². The van der Waals surface area contributed by atoms with Crippen LogP contribution in [-0.2, 0) is 9.47 Å². The van der Waals surface area contributed by atoms with Gasteiger partial charge in [-0.15, -0.1) is 0 Å². The van der Waals surface area contributed by atoms with Crippen LogP contribution in [0.2, 0.25) is 0 Å². The molecule has 0 atom stereocenters. The second kappa shape index (κ2) is 7.89. The average Bonchev–Trinajstić information content (AvgIpc) is 3.26. The fourth-order valence-electron chi connectivity index (χ4n) is 3.86. The van der Waals surface area contributed by atoms with Crippen LogP contribution in [0.15, 0.2) is 48.5 Å². The molecule has 2 aromatic rings. The maximum atomic E-state index is 5.94. The van der Waals surface area contributed by atoms with Gasteiger partial charge in [-0.25, -0.2) is 0 Å². The fraction of sp³-hybridized carbons (Fsp3) is 0.364. The third kappa shape index (κ3) is 3.38. The lowest BCUT2D eigenvalue weighted by atomic mass is 10.2. The molecule has 1 saturated heterocycles. The van der Waals surface area contributed by atoms with Gasteiger partial charge in [0.1, 0.15) is 0 Å². The highest BCUT2D eigenvalue weighted by Gasteiger charge is 2.28. The first-order valence-electron chi connectivity index (χ1n) is 9.86. The molecule has 0 aromatic heterocycles. The number of nitrogens with zero attached hydrogens (tertiary/aromatic N) is 4. The summed E-state index contributed by atoms with van der Waals surface area (Å²) in [5.74, 6) is 0. The highest BCUT2D eigenvalue weighted by atomic mass is 16.5. The molecule has 0 aliphatic carbocycles. The van der Waals surface area contributed by atoms with Crippen molar-refractivity contribution in [3.05, 3.63) is 61.9 Å². The summed E-state index contributed by atoms with van der Waals surface area (Å²) in [6.07, 6.45) is 0. The van der Waals surface area contributed by atoms with Crippen molar-refractivity contribution in [3.63, 3.8) is 0 Å². The lowest BCUT2D eigenvalue weighted by Crippen LogP contribution is -2.33. The van der Waals surface area contributed by atoms with E-state index in [1.165, 1.54) is 22.7 Å². The van der Waals surface area contributed by atoms with E-state index in [2.05, 4.69) is 81.5 Å². The highest BCUT2D eigenvalue weighted by molar-refractivity contribution is 5.79. The summed E-state index contributed by atoms with van der Waals surface area (Å²) < 4.78 is 11.9. The Hall–Kier alpha value is -2.44. The zero-order valence-electron chi connectivity index (χ0n) is 15.9. The molecule has 0 N–H and O–H groups in total. The number of fused-ring (bicyclic) bond motifs is 10. The summed E-state index contributed by atoms with van der Waals surface area (Å²) in [4.78, 5) is 8.58. The minimum atomic E-state index is 0.658. The van der Waals surface area contributed by atoms with Crippen molar-refractivity contribution in [3.8, 4) is 0 Å². The number of para-hydroxylation sites is 4. The first kappa shape index (κ1) is 17.6. The zero-order valence-corrected chi connectivity index (χ0v) is 15.9. The Kier molecular flexibility index (Phi) is 4.97. The van der Waals surface area contributed by atoms with Gasteiger partial charge in [0.05, 0.1) is 49.2 Å². The first-order valence-corrected chi connectivity index (χ1v) is 9.86. The molecule has 0 saturated carbocycles. The Labute approximate surface area is 166 Å². The maximum Gasteiger partial charge on any atom is 0.209 e. The number of ether oxygens (including phenoxy) is 2. The summed E-state index contributed by atoms with van der Waals surface area (Å²) in [7, 11) is 0. The lowest BCUT2D eigenvalue weighted by molar-refractivity contribution is 0.144. The Morgan fingerprint density at radius 3 is 1.07 bits per heavy atom. The summed E-state index contributed by atoms with van der Waals surface area (Å²) in [6.45, 7) is 12.7. The monoisotopic (exact) mass is 376 g/mol. The van der Waals surface area contributed by atoms with E-state index in [4.69, 9.17) is 9.47 Å². The normalized spacial score (nSPS) is 20.3. The number of anilines is 4. The quantitative estimate of drug-likeness (QED) is 0.703. The zero-order chi connectivity index (χ0) is 18.8. The van der Waals surface area contributed by atoms with E-state index in [0.29, 0.717) is 26.4 Å². The van der Waals surface area contributed by atoms with Crippen molar-refractivity contribution >= 4 is 22.7 Å². The Morgan fingerprint density at radius 1 is 0.500 bits per heavy atom. The molecule has 4 bridgehead atoms. The molecule has 3 aliphatic heterocycles. The van der Waals surface area contributed by atoms with Crippen LogP contribution in [0.5, 0.6) is 0 Å². The third-order valence-corrected chi connectivity index (χ3v) is 5.25. The van der Waals surface area contributed by atoms with Gasteiger partial charge in [-0.05, 0) is 24.3 Å². The van der Waals surface area contributed by atoms with Crippen molar-refractivity contribution in [1.82, 2.24) is 0 Å². The number of hydrogen-bond acceptors (Lipinski definition) is 6. The van der Waals surface area contributed by atoms with Gasteiger partial charge < -0.3 is 29.1 Å². The minimum Gasteiger partial charge on any atom is -0.378 e. The largest absolute Gasteiger partial charge is 0.378 e. The highest BCUT2D eigenvalue weighted by Crippen LogP contribution is 2.38. The Morgan fingerprint density at radius 2 is 0.786 bits per heavy atom. The molecule has 2 aromatic carbocycles. The van der Waals surface area contributed by atoms with E-state index in [1.54, 1.807) is 0 Å². The summed E-state index contributed by atoms with van der Waals surface area (Å²) in [5, 5.41) is 0. The minimum absolute atomic E-state index is 0.658. The van der Waals surface area contributed by atoms with Crippen LogP contribution in [0.1, 0.15) is 0 Å². The average molecular weight is 376 g/mol. The summed E-state index contributed by atoms with van der Waals surface area (Å²) >= 11 is 0. The topological polar surface area (TPSA) is 31.4 Å². The number of benzene rings is 2. The fourth-order valence-corrected chi connectivity index (χ4v) is 3.86. The predicted octanol–water partition coefficient (Wildman–Crippen LogP) is 2.68. The van der Waals surface area contributed by atoms with Crippen molar-refractivity contribution in [1.29, 1.82) is 0 Å². The summed E-state index contributed by atoms with van der Waals surface area (Å²) in [5.41, 5.74) is 4.72. The standard InChI is InChI=1S/C22H24N4O2/c1-2-6-20-19(5-1)23-9-13-27-15-11-25-18-26(22-8-4-3-7-21(22)25)12-16-28-14-10-24(20)17-23/h1-8H,9-16H2. The van der Waals surface area contributed by atoms with Crippen molar-refractivity contribution in [2.75, 3.05) is 72.2 Å². The summed E-state index contributed by atoms with van der Waals surface area (Å²) in [6, 6.07) is 16.8. The molecule has 28 heavy (non-hydrogen) atoms. The van der Waals surface area contributed by atoms with E-state index in [0.717, 1.165) is 26.2 Å². The molecule has 144 valence electrons. The number of hydrogen-bond donors (Lipinski definition) is 0. The van der Waals surface area contributed by atoms with Crippen LogP contribution in [0.4, 0.5) is 22.7 Å². The molecule has 0 amide bonds. The maximum absolute atomic E-state index is 5.94. The number of rotatable bonds is 0. The molecule has 4 radical (unpaired) electrons. The SMILES string of the molecule is [C]1N2CCOCCN3[C]N(CCOCCN1c1ccccc12)c1ccccc13. The van der Waals surface area contributed by atoms with Gasteiger partial charge in [0.2, 0.25) is 13.3 Å². The van der Waals surface area contributed by atoms with Crippen LogP contribution in [0, 0.1) is 13.3 Å². The molecule has 6 nitrogen and oxygen atoms in total. The van der Waals surface area contributed by atoms with Gasteiger partial charge in [0.15, 0.2) is 0 Å². The predicted molar refractivity (Wildman–Crippen MR) is 110 cm³/mol. The van der Waals surface area contributed by atoms with E-state index < -0.39 is 0 Å². The van der Waals surface area contributed by atoms with E-state index in [-0.39, 0.29) is 0 Å². The van der Waals surface area contributed by atoms with E-state index in [1.807, 2.05) is 0 Å². The third-order valence-electron chi connectivity index (χ3n) is 5.25. The molecule has 3 heterocycles. The molecular formula is C22H24N4O2. The second-order valence-electron chi connectivity index (χ2n) is 7.01. The van der Waals surface area contributed by atoms with Crippen LogP contribution in [0.3, 0.4) is 0 Å². The van der Waals surface area contributed by atoms with Gasteiger partial charge in [-0.3, -0.25) is 0 Å². The molecule has 0 spiro atoms.